The molecule has 0 saturated heterocycles. The van der Waals surface area contributed by atoms with E-state index in [9.17, 15) is 4.79 Å². The first-order chi connectivity index (χ1) is 11.6. The van der Waals surface area contributed by atoms with Crippen LogP contribution in [0.3, 0.4) is 0 Å². The maximum atomic E-state index is 12.0. The number of likely N-dealkylation sites (N-methyl/N-ethyl adjacent to an activating group) is 1. The Morgan fingerprint density at radius 3 is 2.46 bits per heavy atom. The quantitative estimate of drug-likeness (QED) is 0.718. The number of carbonyl (C=O) groups excluding carboxylic acids is 1. The number of carbonyl (C=O) groups is 1. The number of benzene rings is 2. The molecule has 0 aliphatic rings. The van der Waals surface area contributed by atoms with E-state index in [2.05, 4.69) is 5.32 Å². The van der Waals surface area contributed by atoms with Crippen LogP contribution in [0.5, 0.6) is 5.75 Å². The van der Waals surface area contributed by atoms with Crippen molar-refractivity contribution in [2.75, 3.05) is 38.3 Å². The van der Waals surface area contributed by atoms with Gasteiger partial charge < -0.3 is 10.1 Å². The number of anilines is 1. The van der Waals surface area contributed by atoms with Crippen molar-refractivity contribution in [2.45, 2.75) is 4.90 Å². The van der Waals surface area contributed by atoms with Gasteiger partial charge in [-0.3, -0.25) is 9.69 Å². The number of rotatable bonds is 8. The highest BCUT2D eigenvalue weighted by Gasteiger charge is 2.07. The van der Waals surface area contributed by atoms with Crippen LogP contribution in [0.2, 0.25) is 5.02 Å². The Hall–Kier alpha value is -1.69. The number of nitrogens with zero attached hydrogens (tertiary/aromatic N) is 1. The third kappa shape index (κ3) is 6.43. The summed E-state index contributed by atoms with van der Waals surface area (Å²) in [4.78, 5) is 15.1. The molecule has 0 bridgehead atoms. The Bertz CT molecular complexity index is 647. The Balaban J connectivity index is 1.69. The summed E-state index contributed by atoms with van der Waals surface area (Å²) in [5.41, 5.74) is 0.809. The molecule has 1 amide bonds. The van der Waals surface area contributed by atoms with E-state index in [-0.39, 0.29) is 5.91 Å². The molecule has 2 aromatic carbocycles. The zero-order chi connectivity index (χ0) is 17.4. The number of ether oxygens (including phenoxy) is 1. The molecule has 24 heavy (non-hydrogen) atoms. The van der Waals surface area contributed by atoms with Crippen LogP contribution >= 0.6 is 23.4 Å². The van der Waals surface area contributed by atoms with Crippen LogP contribution < -0.4 is 10.1 Å². The molecule has 2 aromatic rings. The Morgan fingerprint density at radius 1 is 1.17 bits per heavy atom. The molecule has 0 aromatic heterocycles. The minimum Gasteiger partial charge on any atom is -0.492 e. The van der Waals surface area contributed by atoms with E-state index in [0.717, 1.165) is 11.4 Å². The van der Waals surface area contributed by atoms with Crippen LogP contribution in [-0.2, 0) is 4.79 Å². The molecule has 0 unspecified atom stereocenters. The summed E-state index contributed by atoms with van der Waals surface area (Å²) in [6, 6.07) is 15.0. The summed E-state index contributed by atoms with van der Waals surface area (Å²) >= 11 is 7.50. The molecule has 0 fully saturated rings. The smallest absolute Gasteiger partial charge is 0.238 e. The lowest BCUT2D eigenvalue weighted by Gasteiger charge is -2.16. The first-order valence-electron chi connectivity index (χ1n) is 7.57. The van der Waals surface area contributed by atoms with Gasteiger partial charge in [0.1, 0.15) is 12.4 Å². The molecule has 0 saturated carbocycles. The Kier molecular flexibility index (Phi) is 7.43. The van der Waals surface area contributed by atoms with Gasteiger partial charge in [0.15, 0.2) is 0 Å². The van der Waals surface area contributed by atoms with E-state index < -0.39 is 0 Å². The van der Waals surface area contributed by atoms with E-state index in [1.807, 2.05) is 54.6 Å². The second-order valence-corrected chi connectivity index (χ2v) is 6.63. The predicted molar refractivity (Wildman–Crippen MR) is 101 cm³/mol. The van der Waals surface area contributed by atoms with Crippen LogP contribution in [0.1, 0.15) is 0 Å². The molecule has 0 radical (unpaired) electrons. The van der Waals surface area contributed by atoms with Gasteiger partial charge in [-0.1, -0.05) is 11.6 Å². The zero-order valence-electron chi connectivity index (χ0n) is 13.8. The van der Waals surface area contributed by atoms with Gasteiger partial charge in [0.25, 0.3) is 0 Å². The molecular weight excluding hydrogens is 344 g/mol. The molecule has 0 atom stereocenters. The summed E-state index contributed by atoms with van der Waals surface area (Å²) in [5, 5.41) is 3.58. The third-order valence-corrected chi connectivity index (χ3v) is 4.34. The highest BCUT2D eigenvalue weighted by molar-refractivity contribution is 7.98. The highest BCUT2D eigenvalue weighted by Crippen LogP contribution is 2.17. The number of halogens is 1. The van der Waals surface area contributed by atoms with Gasteiger partial charge in [-0.25, -0.2) is 0 Å². The molecule has 0 spiro atoms. The van der Waals surface area contributed by atoms with Gasteiger partial charge in [-0.05, 0) is 61.8 Å². The normalized spacial score (nSPS) is 10.7. The first-order valence-corrected chi connectivity index (χ1v) is 9.18. The number of hydrogen-bond donors (Lipinski definition) is 1. The lowest BCUT2D eigenvalue weighted by molar-refractivity contribution is -0.117. The fourth-order valence-corrected chi connectivity index (χ4v) is 2.58. The van der Waals surface area contributed by atoms with Crippen LogP contribution in [0.25, 0.3) is 0 Å². The van der Waals surface area contributed by atoms with Gasteiger partial charge >= 0.3 is 0 Å². The van der Waals surface area contributed by atoms with Crippen molar-refractivity contribution in [1.82, 2.24) is 4.90 Å². The molecule has 4 nitrogen and oxygen atoms in total. The fourth-order valence-electron chi connectivity index (χ4n) is 2.05. The number of hydrogen-bond acceptors (Lipinski definition) is 4. The Morgan fingerprint density at radius 2 is 1.83 bits per heavy atom. The van der Waals surface area contributed by atoms with Gasteiger partial charge in [0, 0.05) is 22.2 Å². The summed E-state index contributed by atoms with van der Waals surface area (Å²) in [6.07, 6.45) is 2.02. The van der Waals surface area contributed by atoms with Crippen LogP contribution in [0.15, 0.2) is 53.4 Å². The summed E-state index contributed by atoms with van der Waals surface area (Å²) in [7, 11) is 1.89. The predicted octanol–water partition coefficient (Wildman–Crippen LogP) is 4.01. The molecule has 0 heterocycles. The second-order valence-electron chi connectivity index (χ2n) is 5.32. The number of thioether (sulfide) groups is 1. The monoisotopic (exact) mass is 364 g/mol. The van der Waals surface area contributed by atoms with Crippen molar-refractivity contribution in [3.05, 3.63) is 53.6 Å². The van der Waals surface area contributed by atoms with E-state index >= 15 is 0 Å². The standard InChI is InChI=1S/C18H21ClN2O2S/c1-21(11-12-23-16-7-3-14(19)4-8-16)13-18(22)20-15-5-9-17(24-2)10-6-15/h3-10H,11-13H2,1-2H3,(H,20,22). The summed E-state index contributed by atoms with van der Waals surface area (Å²) in [6.45, 7) is 1.48. The fraction of sp³-hybridized carbons (Fsp3) is 0.278. The molecule has 0 aliphatic heterocycles. The maximum absolute atomic E-state index is 12.0. The number of amides is 1. The summed E-state index contributed by atoms with van der Waals surface area (Å²) in [5.74, 6) is 0.729. The minimum atomic E-state index is -0.0408. The number of nitrogens with one attached hydrogen (secondary N) is 1. The average Bonchev–Trinajstić information content (AvgIpc) is 2.57. The second kappa shape index (κ2) is 9.57. The van der Waals surface area contributed by atoms with E-state index in [0.29, 0.717) is 24.7 Å². The lowest BCUT2D eigenvalue weighted by Crippen LogP contribution is -2.33. The van der Waals surface area contributed by atoms with Crippen molar-refractivity contribution >= 4 is 35.0 Å². The largest absolute Gasteiger partial charge is 0.492 e. The molecule has 128 valence electrons. The van der Waals surface area contributed by atoms with Gasteiger partial charge in [-0.2, -0.15) is 0 Å². The van der Waals surface area contributed by atoms with Crippen molar-refractivity contribution in [3.8, 4) is 5.75 Å². The lowest BCUT2D eigenvalue weighted by atomic mass is 10.3. The molecule has 6 heteroatoms. The van der Waals surface area contributed by atoms with E-state index in [1.165, 1.54) is 4.90 Å². The van der Waals surface area contributed by atoms with Crippen LogP contribution in [-0.4, -0.2) is 43.8 Å². The van der Waals surface area contributed by atoms with Crippen LogP contribution in [0, 0.1) is 0 Å². The molecule has 0 aliphatic carbocycles. The zero-order valence-corrected chi connectivity index (χ0v) is 15.4. The van der Waals surface area contributed by atoms with Crippen LogP contribution in [0.4, 0.5) is 5.69 Å². The van der Waals surface area contributed by atoms with E-state index in [1.54, 1.807) is 23.9 Å². The molecule has 2 rings (SSSR count). The Labute approximate surface area is 152 Å². The SMILES string of the molecule is CSc1ccc(NC(=O)CN(C)CCOc2ccc(Cl)cc2)cc1. The van der Waals surface area contributed by atoms with Gasteiger partial charge in [0.2, 0.25) is 5.91 Å². The topological polar surface area (TPSA) is 41.6 Å². The van der Waals surface area contributed by atoms with Crippen molar-refractivity contribution in [2.24, 2.45) is 0 Å². The molecule has 1 N–H and O–H groups in total. The van der Waals surface area contributed by atoms with Gasteiger partial charge in [0.05, 0.1) is 6.54 Å². The summed E-state index contributed by atoms with van der Waals surface area (Å²) < 4.78 is 5.62. The van der Waals surface area contributed by atoms with Gasteiger partial charge in [-0.15, -0.1) is 11.8 Å². The third-order valence-electron chi connectivity index (χ3n) is 3.34. The van der Waals surface area contributed by atoms with Crippen molar-refractivity contribution < 1.29 is 9.53 Å². The first kappa shape index (κ1) is 18.6. The highest BCUT2D eigenvalue weighted by atomic mass is 35.5. The van der Waals surface area contributed by atoms with Crippen molar-refractivity contribution in [1.29, 1.82) is 0 Å². The molecular formula is C18H21ClN2O2S. The van der Waals surface area contributed by atoms with E-state index in [4.69, 9.17) is 16.3 Å². The minimum absolute atomic E-state index is 0.0408. The van der Waals surface area contributed by atoms with Crippen molar-refractivity contribution in [3.63, 3.8) is 0 Å². The average molecular weight is 365 g/mol. The maximum Gasteiger partial charge on any atom is 0.238 e.